The van der Waals surface area contributed by atoms with Gasteiger partial charge in [-0.1, -0.05) is 45.4 Å². The molecule has 1 N–H and O–H groups in total. The van der Waals surface area contributed by atoms with Crippen molar-refractivity contribution >= 4 is 0 Å². The standard InChI is InChI=1S/C12H22N.Rb/c1-10-4-3-6-12(7-5-10)8-9-13-11(12)2;/h10,13H,3-9H2,1-2H3;/q-1;+1. The molecule has 2 rings (SSSR count). The maximum atomic E-state index is 3.54. The molecule has 76 valence electrons. The zero-order chi connectivity index (χ0) is 9.31. The fourth-order valence-electron chi connectivity index (χ4n) is 3.07. The Morgan fingerprint density at radius 1 is 1.21 bits per heavy atom. The van der Waals surface area contributed by atoms with Gasteiger partial charge in [0.15, 0.2) is 0 Å². The Kier molecular flexibility index (Phi) is 5.83. The molecule has 0 aromatic carbocycles. The van der Waals surface area contributed by atoms with E-state index in [9.17, 15) is 0 Å². The molecule has 1 aliphatic carbocycles. The van der Waals surface area contributed by atoms with Gasteiger partial charge >= 0.3 is 58.2 Å². The van der Waals surface area contributed by atoms with E-state index in [1.54, 1.807) is 6.04 Å². The van der Waals surface area contributed by atoms with E-state index in [-0.39, 0.29) is 58.2 Å². The van der Waals surface area contributed by atoms with Crippen LogP contribution in [0.15, 0.2) is 0 Å². The topological polar surface area (TPSA) is 12.0 Å². The fraction of sp³-hybridized carbons (Fsp3) is 0.917. The largest absolute Gasteiger partial charge is 1.00 e. The summed E-state index contributed by atoms with van der Waals surface area (Å²) in [4.78, 5) is 0. The Balaban J connectivity index is 0.000000980. The summed E-state index contributed by atoms with van der Waals surface area (Å²) in [5.74, 6) is 0.966. The van der Waals surface area contributed by atoms with Crippen molar-refractivity contribution in [2.24, 2.45) is 11.3 Å². The monoisotopic (exact) mass is 265 g/mol. The van der Waals surface area contributed by atoms with Crippen molar-refractivity contribution in [1.29, 1.82) is 0 Å². The second kappa shape index (κ2) is 5.91. The third kappa shape index (κ3) is 2.91. The smallest absolute Gasteiger partial charge is 0.467 e. The summed E-state index contributed by atoms with van der Waals surface area (Å²) in [5, 5.41) is 3.54. The Morgan fingerprint density at radius 3 is 2.64 bits per heavy atom. The summed E-state index contributed by atoms with van der Waals surface area (Å²) in [5.41, 5.74) is 0.602. The van der Waals surface area contributed by atoms with Crippen LogP contribution in [0.25, 0.3) is 0 Å². The summed E-state index contributed by atoms with van der Waals surface area (Å²) < 4.78 is 0. The van der Waals surface area contributed by atoms with Crippen LogP contribution in [0.2, 0.25) is 0 Å². The molecule has 2 atom stereocenters. The van der Waals surface area contributed by atoms with Gasteiger partial charge in [-0.05, 0) is 12.5 Å². The third-order valence-electron chi connectivity index (χ3n) is 4.26. The molecular formula is C12H22NRb. The van der Waals surface area contributed by atoms with E-state index in [0.717, 1.165) is 5.92 Å². The molecule has 0 aromatic rings. The molecular weight excluding hydrogens is 244 g/mol. The molecule has 1 saturated carbocycles. The molecule has 2 unspecified atom stereocenters. The van der Waals surface area contributed by atoms with Gasteiger partial charge in [0, 0.05) is 0 Å². The molecule has 0 bridgehead atoms. The molecule has 1 aliphatic heterocycles. The summed E-state index contributed by atoms with van der Waals surface area (Å²) >= 11 is 0. The van der Waals surface area contributed by atoms with Crippen LogP contribution in [0.4, 0.5) is 0 Å². The van der Waals surface area contributed by atoms with Crippen molar-refractivity contribution in [1.82, 2.24) is 5.32 Å². The third-order valence-corrected chi connectivity index (χ3v) is 4.26. The molecule has 1 spiro atoms. The Labute approximate surface area is 138 Å². The quantitative estimate of drug-likeness (QED) is 0.614. The molecule has 1 saturated heterocycles. The fourth-order valence-corrected chi connectivity index (χ4v) is 3.07. The van der Waals surface area contributed by atoms with Crippen LogP contribution >= 0.6 is 0 Å². The first-order chi connectivity index (χ1) is 6.23. The van der Waals surface area contributed by atoms with Crippen molar-refractivity contribution in [2.75, 3.05) is 6.54 Å². The Bertz CT molecular complexity index is 183. The van der Waals surface area contributed by atoms with Crippen LogP contribution < -0.4 is 63.5 Å². The minimum atomic E-state index is 0. The number of hydrogen-bond donors (Lipinski definition) is 1. The summed E-state index contributed by atoms with van der Waals surface area (Å²) in [7, 11) is 0. The van der Waals surface area contributed by atoms with Gasteiger partial charge in [0.1, 0.15) is 0 Å². The summed E-state index contributed by atoms with van der Waals surface area (Å²) in [6, 6.07) is 1.58. The molecule has 0 amide bonds. The van der Waals surface area contributed by atoms with Crippen LogP contribution in [-0.4, -0.2) is 6.54 Å². The van der Waals surface area contributed by atoms with Crippen LogP contribution in [-0.2, 0) is 0 Å². The first-order valence-electron chi connectivity index (χ1n) is 5.81. The van der Waals surface area contributed by atoms with Crippen molar-refractivity contribution in [3.63, 3.8) is 0 Å². The number of rotatable bonds is 0. The predicted molar refractivity (Wildman–Crippen MR) is 56.2 cm³/mol. The van der Waals surface area contributed by atoms with E-state index < -0.39 is 0 Å². The number of nitrogens with one attached hydrogen (secondary N) is 1. The molecule has 2 heteroatoms. The molecule has 1 heterocycles. The molecule has 2 aliphatic rings. The second-order valence-corrected chi connectivity index (χ2v) is 5.12. The van der Waals surface area contributed by atoms with Gasteiger partial charge in [0.25, 0.3) is 0 Å². The normalized spacial score (nSPS) is 39.4. The van der Waals surface area contributed by atoms with Crippen LogP contribution in [0.5, 0.6) is 0 Å². The van der Waals surface area contributed by atoms with E-state index in [1.165, 1.54) is 45.1 Å². The van der Waals surface area contributed by atoms with Crippen molar-refractivity contribution in [3.8, 4) is 0 Å². The van der Waals surface area contributed by atoms with E-state index >= 15 is 0 Å². The average Bonchev–Trinajstić information content (AvgIpc) is 2.32. The van der Waals surface area contributed by atoms with E-state index in [4.69, 9.17) is 0 Å². The van der Waals surface area contributed by atoms with Gasteiger partial charge in [0.2, 0.25) is 0 Å². The zero-order valence-corrected chi connectivity index (χ0v) is 14.9. The minimum Gasteiger partial charge on any atom is -0.467 e. The van der Waals surface area contributed by atoms with E-state index in [0.29, 0.717) is 5.41 Å². The first kappa shape index (κ1) is 13.8. The van der Waals surface area contributed by atoms with Crippen LogP contribution in [0, 0.1) is 17.4 Å². The summed E-state index contributed by atoms with van der Waals surface area (Å²) in [6.45, 7) is 5.94. The van der Waals surface area contributed by atoms with Gasteiger partial charge in [0.05, 0.1) is 0 Å². The van der Waals surface area contributed by atoms with Crippen molar-refractivity contribution in [2.45, 2.75) is 52.4 Å². The van der Waals surface area contributed by atoms with Gasteiger partial charge in [-0.3, -0.25) is 6.04 Å². The first-order valence-corrected chi connectivity index (χ1v) is 5.81. The molecule has 14 heavy (non-hydrogen) atoms. The second-order valence-electron chi connectivity index (χ2n) is 5.12. The number of hydrogen-bond acceptors (Lipinski definition) is 1. The zero-order valence-electron chi connectivity index (χ0n) is 10.0. The van der Waals surface area contributed by atoms with Crippen LogP contribution in [0.1, 0.15) is 52.4 Å². The van der Waals surface area contributed by atoms with Gasteiger partial charge in [-0.15, -0.1) is 5.41 Å². The molecule has 0 aromatic heterocycles. The molecule has 2 fully saturated rings. The predicted octanol–water partition coefficient (Wildman–Crippen LogP) is 0.122. The summed E-state index contributed by atoms with van der Waals surface area (Å²) in [6.07, 6.45) is 8.61. The van der Waals surface area contributed by atoms with Gasteiger partial charge in [-0.2, -0.15) is 6.92 Å². The Morgan fingerprint density at radius 2 is 2.00 bits per heavy atom. The van der Waals surface area contributed by atoms with E-state index in [1.807, 2.05) is 0 Å². The maximum Gasteiger partial charge on any atom is 1.00 e. The molecule has 0 radical (unpaired) electrons. The van der Waals surface area contributed by atoms with Crippen molar-refractivity contribution < 1.29 is 58.2 Å². The van der Waals surface area contributed by atoms with Gasteiger partial charge in [-0.25, -0.2) is 0 Å². The minimum absolute atomic E-state index is 0. The maximum absolute atomic E-state index is 3.54. The van der Waals surface area contributed by atoms with Crippen molar-refractivity contribution in [3.05, 3.63) is 6.04 Å². The average molecular weight is 266 g/mol. The van der Waals surface area contributed by atoms with Gasteiger partial charge < -0.3 is 5.32 Å². The van der Waals surface area contributed by atoms with E-state index in [2.05, 4.69) is 19.2 Å². The Hall–Kier alpha value is 1.77. The molecule has 1 nitrogen and oxygen atoms in total. The van der Waals surface area contributed by atoms with Crippen LogP contribution in [0.3, 0.4) is 0 Å². The SMILES string of the molecule is C[C-]1NCCC12CCCC(C)CC2.[Rb+].